The zero-order chi connectivity index (χ0) is 33.1. The highest BCUT2D eigenvalue weighted by atomic mass is 32.2. The highest BCUT2D eigenvalue weighted by Crippen LogP contribution is 2.21. The van der Waals surface area contributed by atoms with Crippen LogP contribution < -0.4 is 11.1 Å². The first kappa shape index (κ1) is 35.2. The van der Waals surface area contributed by atoms with Crippen LogP contribution in [0.2, 0.25) is 0 Å². The fourth-order valence-corrected chi connectivity index (χ4v) is 7.02. The molecule has 0 saturated heterocycles. The van der Waals surface area contributed by atoms with Gasteiger partial charge in [0, 0.05) is 39.3 Å². The number of rotatable bonds is 17. The summed E-state index contributed by atoms with van der Waals surface area (Å²) in [4.78, 5) is 66.9. The SMILES string of the molecule is CCCCN(CC)C(=O)CSc1nc2ccccc2c(=O)n1CCn1c(SCC(=O)N(CC)CCCC)nc2ccccc2c1=O. The molecule has 0 N–H and O–H groups in total. The Kier molecular flexibility index (Phi) is 13.3. The lowest BCUT2D eigenvalue weighted by molar-refractivity contribution is -0.129. The number of aromatic nitrogens is 4. The summed E-state index contributed by atoms with van der Waals surface area (Å²) in [5.41, 5.74) is 0.638. The number of hydrogen-bond acceptors (Lipinski definition) is 8. The van der Waals surface area contributed by atoms with E-state index >= 15 is 0 Å². The van der Waals surface area contributed by atoms with E-state index in [4.69, 9.17) is 9.97 Å². The zero-order valence-corrected chi connectivity index (χ0v) is 28.9. The van der Waals surface area contributed by atoms with Crippen LogP contribution in [0.5, 0.6) is 0 Å². The Hall–Kier alpha value is -3.64. The van der Waals surface area contributed by atoms with Gasteiger partial charge in [0.15, 0.2) is 10.3 Å². The molecule has 12 heteroatoms. The third kappa shape index (κ3) is 8.58. The number of carbonyl (C=O) groups excluding carboxylic acids is 2. The number of hydrogen-bond donors (Lipinski definition) is 0. The van der Waals surface area contributed by atoms with Gasteiger partial charge in [0.05, 0.1) is 33.3 Å². The van der Waals surface area contributed by atoms with Gasteiger partial charge in [0.25, 0.3) is 11.1 Å². The Bertz CT molecular complexity index is 1640. The molecule has 0 aliphatic rings. The van der Waals surface area contributed by atoms with Gasteiger partial charge in [0.1, 0.15) is 0 Å². The van der Waals surface area contributed by atoms with Crippen molar-refractivity contribution in [2.75, 3.05) is 37.7 Å². The highest BCUT2D eigenvalue weighted by molar-refractivity contribution is 8.00. The average molecular weight is 665 g/mol. The molecule has 4 rings (SSSR count). The predicted molar refractivity (Wildman–Crippen MR) is 188 cm³/mol. The summed E-state index contributed by atoms with van der Waals surface area (Å²) < 4.78 is 3.10. The van der Waals surface area contributed by atoms with Crippen molar-refractivity contribution < 1.29 is 9.59 Å². The molecule has 4 aromatic rings. The molecule has 0 unspecified atom stereocenters. The number of nitrogens with zero attached hydrogens (tertiary/aromatic N) is 6. The Balaban J connectivity index is 1.66. The third-order valence-corrected chi connectivity index (χ3v) is 9.80. The molecule has 0 aliphatic carbocycles. The molecule has 0 radical (unpaired) electrons. The van der Waals surface area contributed by atoms with E-state index in [1.54, 1.807) is 45.5 Å². The first-order valence-corrected chi connectivity index (χ1v) is 18.1. The largest absolute Gasteiger partial charge is 0.342 e. The summed E-state index contributed by atoms with van der Waals surface area (Å²) in [6, 6.07) is 14.3. The second-order valence-electron chi connectivity index (χ2n) is 11.0. The summed E-state index contributed by atoms with van der Waals surface area (Å²) >= 11 is 2.47. The lowest BCUT2D eigenvalue weighted by Gasteiger charge is -2.21. The summed E-state index contributed by atoms with van der Waals surface area (Å²) in [5, 5.41) is 1.77. The number of benzene rings is 2. The van der Waals surface area contributed by atoms with Gasteiger partial charge < -0.3 is 9.80 Å². The fourth-order valence-electron chi connectivity index (χ4n) is 5.16. The first-order valence-electron chi connectivity index (χ1n) is 16.1. The van der Waals surface area contributed by atoms with Crippen molar-refractivity contribution in [3.05, 3.63) is 69.2 Å². The Labute approximate surface area is 278 Å². The Morgan fingerprint density at radius 3 is 1.41 bits per heavy atom. The van der Waals surface area contributed by atoms with Crippen LogP contribution in [0, 0.1) is 0 Å². The van der Waals surface area contributed by atoms with Crippen molar-refractivity contribution in [2.45, 2.75) is 76.8 Å². The molecular weight excluding hydrogens is 621 g/mol. The van der Waals surface area contributed by atoms with Gasteiger partial charge in [-0.05, 0) is 51.0 Å². The average Bonchev–Trinajstić information content (AvgIpc) is 3.07. The van der Waals surface area contributed by atoms with Crippen LogP contribution in [-0.2, 0) is 22.7 Å². The highest BCUT2D eigenvalue weighted by Gasteiger charge is 2.19. The van der Waals surface area contributed by atoms with Gasteiger partial charge in [-0.15, -0.1) is 0 Å². The molecule has 2 aromatic heterocycles. The third-order valence-electron chi connectivity index (χ3n) is 7.88. The minimum Gasteiger partial charge on any atom is -0.342 e. The van der Waals surface area contributed by atoms with Crippen molar-refractivity contribution in [3.8, 4) is 0 Å². The van der Waals surface area contributed by atoms with Crippen LogP contribution in [0.4, 0.5) is 0 Å². The van der Waals surface area contributed by atoms with Gasteiger partial charge in [-0.1, -0.05) is 74.5 Å². The number of unbranched alkanes of at least 4 members (excludes halogenated alkanes) is 2. The first-order chi connectivity index (χ1) is 22.3. The fraction of sp³-hybridized carbons (Fsp3) is 0.471. The van der Waals surface area contributed by atoms with Gasteiger partial charge in [0.2, 0.25) is 11.8 Å². The van der Waals surface area contributed by atoms with Crippen LogP contribution in [0.1, 0.15) is 53.4 Å². The van der Waals surface area contributed by atoms with Gasteiger partial charge in [-0.2, -0.15) is 0 Å². The molecule has 2 amide bonds. The second-order valence-corrected chi connectivity index (χ2v) is 12.9. The van der Waals surface area contributed by atoms with E-state index in [0.29, 0.717) is 58.3 Å². The maximum Gasteiger partial charge on any atom is 0.262 e. The van der Waals surface area contributed by atoms with E-state index < -0.39 is 0 Å². The van der Waals surface area contributed by atoms with Crippen LogP contribution >= 0.6 is 23.5 Å². The quantitative estimate of drug-likeness (QED) is 0.111. The molecule has 0 aliphatic heterocycles. The maximum absolute atomic E-state index is 13.8. The van der Waals surface area contributed by atoms with Gasteiger partial charge in [-0.3, -0.25) is 28.3 Å². The summed E-state index contributed by atoms with van der Waals surface area (Å²) in [5.74, 6) is 0.283. The van der Waals surface area contributed by atoms with Crippen LogP contribution in [0.25, 0.3) is 21.8 Å². The predicted octanol–water partition coefficient (Wildman–Crippen LogP) is 5.29. The molecule has 2 heterocycles. The van der Waals surface area contributed by atoms with Crippen LogP contribution in [-0.4, -0.2) is 78.4 Å². The van der Waals surface area contributed by atoms with Gasteiger partial charge >= 0.3 is 0 Å². The van der Waals surface area contributed by atoms with Gasteiger partial charge in [-0.25, -0.2) is 9.97 Å². The zero-order valence-electron chi connectivity index (χ0n) is 27.2. The molecule has 0 bridgehead atoms. The molecule has 0 fully saturated rings. The molecule has 0 spiro atoms. The second kappa shape index (κ2) is 17.3. The molecule has 0 saturated carbocycles. The lowest BCUT2D eigenvalue weighted by atomic mass is 10.2. The minimum absolute atomic E-state index is 0.00623. The molecule has 2 aromatic carbocycles. The molecule has 0 atom stereocenters. The maximum atomic E-state index is 13.8. The Morgan fingerprint density at radius 1 is 0.652 bits per heavy atom. The normalized spacial score (nSPS) is 11.3. The molecule has 46 heavy (non-hydrogen) atoms. The number of thioether (sulfide) groups is 2. The monoisotopic (exact) mass is 664 g/mol. The lowest BCUT2D eigenvalue weighted by Crippen LogP contribution is -2.34. The van der Waals surface area contributed by atoms with Crippen molar-refractivity contribution in [1.29, 1.82) is 0 Å². The molecule has 246 valence electrons. The molecule has 10 nitrogen and oxygen atoms in total. The van der Waals surface area contributed by atoms with Crippen molar-refractivity contribution in [3.63, 3.8) is 0 Å². The number of carbonyl (C=O) groups is 2. The number of para-hydroxylation sites is 2. The van der Waals surface area contributed by atoms with Crippen LogP contribution in [0.15, 0.2) is 68.4 Å². The van der Waals surface area contributed by atoms with Crippen LogP contribution in [0.3, 0.4) is 0 Å². The van der Waals surface area contributed by atoms with Crippen molar-refractivity contribution >= 4 is 57.1 Å². The van der Waals surface area contributed by atoms with Crippen molar-refractivity contribution in [2.24, 2.45) is 0 Å². The summed E-state index contributed by atoms with van der Waals surface area (Å²) in [7, 11) is 0. The Morgan fingerprint density at radius 2 is 1.04 bits per heavy atom. The number of fused-ring (bicyclic) bond motifs is 2. The van der Waals surface area contributed by atoms with Crippen molar-refractivity contribution in [1.82, 2.24) is 28.9 Å². The van der Waals surface area contributed by atoms with E-state index in [0.717, 1.165) is 25.7 Å². The van der Waals surface area contributed by atoms with E-state index in [9.17, 15) is 19.2 Å². The van der Waals surface area contributed by atoms with E-state index in [1.165, 1.54) is 23.5 Å². The number of amides is 2. The smallest absolute Gasteiger partial charge is 0.262 e. The van der Waals surface area contributed by atoms with E-state index in [-0.39, 0.29) is 47.5 Å². The molecular formula is C34H44N6O4S2. The standard InChI is InChI=1S/C34H44N6O4S2/c1-5-9-19-37(7-3)29(41)23-45-33-35-27-17-13-11-15-25(27)31(43)39(33)21-22-40-32(44)26-16-12-14-18-28(26)36-34(40)46-24-30(42)38(8-4)20-10-6-2/h11-18H,5-10,19-24H2,1-4H3. The minimum atomic E-state index is -0.237. The van der Waals surface area contributed by atoms with E-state index in [1.807, 2.05) is 35.8 Å². The topological polar surface area (TPSA) is 110 Å². The summed E-state index contributed by atoms with van der Waals surface area (Å²) in [6.07, 6.45) is 3.85. The summed E-state index contributed by atoms with van der Waals surface area (Å²) in [6.45, 7) is 11.0. The van der Waals surface area contributed by atoms with E-state index in [2.05, 4.69) is 13.8 Å².